The normalized spacial score (nSPS) is 11.2. The molecule has 0 saturated carbocycles. The van der Waals surface area contributed by atoms with Crippen molar-refractivity contribution in [3.63, 3.8) is 0 Å². The Morgan fingerprint density at radius 3 is 2.75 bits per heavy atom. The van der Waals surface area contributed by atoms with Gasteiger partial charge in [-0.05, 0) is 44.0 Å². The summed E-state index contributed by atoms with van der Waals surface area (Å²) in [5.74, 6) is 0.581. The molecule has 0 fully saturated rings. The number of hydrogen-bond donors (Lipinski definition) is 1. The number of nitrogens with zero attached hydrogens (tertiary/aromatic N) is 5. The monoisotopic (exact) mass is 374 g/mol. The Morgan fingerprint density at radius 1 is 1.07 bits per heavy atom. The number of benzene rings is 2. The molecule has 0 atom stereocenters. The molecule has 6 nitrogen and oxygen atoms in total. The van der Waals surface area contributed by atoms with E-state index in [0.717, 1.165) is 48.1 Å². The smallest absolute Gasteiger partial charge is 0.244 e. The standard InChI is InChI=1S/C22H26N6/c1-4-28(17-10-7-9-16(2)15-17)14-8-13-23-22-24-21-20(25-26-22)18-11-5-6-12-19(18)27(21)3/h5-7,9-12,15H,4,8,13-14H2,1-3H3,(H,23,24,26). The van der Waals surface area contributed by atoms with Crippen LogP contribution in [0.1, 0.15) is 18.9 Å². The number of nitrogens with one attached hydrogen (secondary N) is 1. The van der Waals surface area contributed by atoms with Crippen molar-refractivity contribution >= 4 is 33.7 Å². The molecule has 0 amide bonds. The first-order chi connectivity index (χ1) is 13.7. The fraction of sp³-hybridized carbons (Fsp3) is 0.318. The fourth-order valence-corrected chi connectivity index (χ4v) is 3.65. The molecule has 2 aromatic carbocycles. The summed E-state index contributed by atoms with van der Waals surface area (Å²) in [4.78, 5) is 7.07. The Hall–Kier alpha value is -3.15. The first-order valence-electron chi connectivity index (χ1n) is 9.80. The van der Waals surface area contributed by atoms with E-state index < -0.39 is 0 Å². The van der Waals surface area contributed by atoms with Crippen molar-refractivity contribution in [1.29, 1.82) is 0 Å². The summed E-state index contributed by atoms with van der Waals surface area (Å²) in [5.41, 5.74) is 5.39. The Balaban J connectivity index is 1.41. The predicted molar refractivity (Wildman–Crippen MR) is 116 cm³/mol. The lowest BCUT2D eigenvalue weighted by atomic mass is 10.2. The van der Waals surface area contributed by atoms with Crippen LogP contribution < -0.4 is 10.2 Å². The van der Waals surface area contributed by atoms with Crippen LogP contribution in [0.4, 0.5) is 11.6 Å². The number of fused-ring (bicyclic) bond motifs is 3. The van der Waals surface area contributed by atoms with Gasteiger partial charge in [0.2, 0.25) is 5.95 Å². The molecule has 0 saturated heterocycles. The van der Waals surface area contributed by atoms with E-state index in [0.29, 0.717) is 5.95 Å². The van der Waals surface area contributed by atoms with E-state index >= 15 is 0 Å². The molecule has 4 rings (SSSR count). The van der Waals surface area contributed by atoms with Gasteiger partial charge in [-0.15, -0.1) is 10.2 Å². The zero-order chi connectivity index (χ0) is 19.5. The van der Waals surface area contributed by atoms with Gasteiger partial charge in [0.05, 0.1) is 5.52 Å². The lowest BCUT2D eigenvalue weighted by molar-refractivity contribution is 0.764. The fourth-order valence-electron chi connectivity index (χ4n) is 3.65. The lowest BCUT2D eigenvalue weighted by Gasteiger charge is -2.23. The van der Waals surface area contributed by atoms with Crippen molar-refractivity contribution in [2.24, 2.45) is 7.05 Å². The molecule has 0 aliphatic rings. The van der Waals surface area contributed by atoms with Gasteiger partial charge in [-0.25, -0.2) is 0 Å². The molecule has 2 aromatic heterocycles. The molecule has 0 aliphatic carbocycles. The van der Waals surface area contributed by atoms with Gasteiger partial charge in [0.25, 0.3) is 0 Å². The van der Waals surface area contributed by atoms with Crippen molar-refractivity contribution < 1.29 is 0 Å². The maximum Gasteiger partial charge on any atom is 0.244 e. The van der Waals surface area contributed by atoms with Crippen LogP contribution in [0.25, 0.3) is 22.1 Å². The van der Waals surface area contributed by atoms with Gasteiger partial charge < -0.3 is 14.8 Å². The number of para-hydroxylation sites is 1. The minimum atomic E-state index is 0.581. The highest BCUT2D eigenvalue weighted by Crippen LogP contribution is 2.24. The molecule has 0 unspecified atom stereocenters. The van der Waals surface area contributed by atoms with Crippen molar-refractivity contribution in [2.75, 3.05) is 29.9 Å². The Morgan fingerprint density at radius 2 is 1.93 bits per heavy atom. The van der Waals surface area contributed by atoms with Gasteiger partial charge in [0.1, 0.15) is 5.52 Å². The van der Waals surface area contributed by atoms with E-state index in [9.17, 15) is 0 Å². The van der Waals surface area contributed by atoms with Crippen molar-refractivity contribution in [2.45, 2.75) is 20.3 Å². The molecule has 0 aliphatic heterocycles. The zero-order valence-corrected chi connectivity index (χ0v) is 16.7. The molecule has 1 N–H and O–H groups in total. The molecule has 0 spiro atoms. The summed E-state index contributed by atoms with van der Waals surface area (Å²) >= 11 is 0. The van der Waals surface area contributed by atoms with Crippen LogP contribution in [0.3, 0.4) is 0 Å². The van der Waals surface area contributed by atoms with Gasteiger partial charge in [0.15, 0.2) is 5.65 Å². The number of aryl methyl sites for hydroxylation is 2. The van der Waals surface area contributed by atoms with Gasteiger partial charge in [-0.3, -0.25) is 0 Å². The maximum absolute atomic E-state index is 4.68. The molecular weight excluding hydrogens is 348 g/mol. The van der Waals surface area contributed by atoms with E-state index in [4.69, 9.17) is 0 Å². The van der Waals surface area contributed by atoms with Crippen molar-refractivity contribution in [3.05, 3.63) is 54.1 Å². The number of hydrogen-bond acceptors (Lipinski definition) is 5. The highest BCUT2D eigenvalue weighted by Gasteiger charge is 2.12. The van der Waals surface area contributed by atoms with E-state index in [1.807, 2.05) is 19.2 Å². The summed E-state index contributed by atoms with van der Waals surface area (Å²) in [6.07, 6.45) is 0.998. The van der Waals surface area contributed by atoms with Crippen LogP contribution in [0.2, 0.25) is 0 Å². The minimum absolute atomic E-state index is 0.581. The van der Waals surface area contributed by atoms with E-state index in [2.05, 4.69) is 80.2 Å². The minimum Gasteiger partial charge on any atom is -0.372 e. The van der Waals surface area contributed by atoms with Crippen LogP contribution in [0.5, 0.6) is 0 Å². The zero-order valence-electron chi connectivity index (χ0n) is 16.7. The second kappa shape index (κ2) is 7.84. The van der Waals surface area contributed by atoms with Gasteiger partial charge in [-0.2, -0.15) is 4.98 Å². The first-order valence-corrected chi connectivity index (χ1v) is 9.80. The number of anilines is 2. The molecule has 144 valence electrons. The molecule has 0 bridgehead atoms. The highest BCUT2D eigenvalue weighted by molar-refractivity contribution is 6.04. The van der Waals surface area contributed by atoms with Crippen LogP contribution in [0.15, 0.2) is 48.5 Å². The van der Waals surface area contributed by atoms with Crippen LogP contribution in [0, 0.1) is 6.92 Å². The van der Waals surface area contributed by atoms with E-state index in [1.165, 1.54) is 11.3 Å². The topological polar surface area (TPSA) is 58.9 Å². The third-order valence-corrected chi connectivity index (χ3v) is 5.14. The highest BCUT2D eigenvalue weighted by atomic mass is 15.3. The van der Waals surface area contributed by atoms with E-state index in [1.54, 1.807) is 0 Å². The molecule has 4 aromatic rings. The van der Waals surface area contributed by atoms with Crippen molar-refractivity contribution in [1.82, 2.24) is 19.7 Å². The largest absolute Gasteiger partial charge is 0.372 e. The van der Waals surface area contributed by atoms with Gasteiger partial charge in [-0.1, -0.05) is 30.3 Å². The quantitative estimate of drug-likeness (QED) is 0.492. The SMILES string of the molecule is CCN(CCCNc1nnc2c3ccccc3n(C)c2n1)c1cccc(C)c1. The second-order valence-electron chi connectivity index (χ2n) is 7.08. The second-order valence-corrected chi connectivity index (χ2v) is 7.08. The molecule has 2 heterocycles. The Bertz CT molecular complexity index is 1100. The molecule has 6 heteroatoms. The van der Waals surface area contributed by atoms with E-state index in [-0.39, 0.29) is 0 Å². The number of rotatable bonds is 7. The van der Waals surface area contributed by atoms with Crippen molar-refractivity contribution in [3.8, 4) is 0 Å². The number of aromatic nitrogens is 4. The molecule has 28 heavy (non-hydrogen) atoms. The van der Waals surface area contributed by atoms with Crippen LogP contribution >= 0.6 is 0 Å². The average Bonchev–Trinajstić information content (AvgIpc) is 3.00. The average molecular weight is 374 g/mol. The summed E-state index contributed by atoms with van der Waals surface area (Å²) < 4.78 is 2.07. The maximum atomic E-state index is 4.68. The van der Waals surface area contributed by atoms with Crippen LogP contribution in [-0.2, 0) is 7.05 Å². The summed E-state index contributed by atoms with van der Waals surface area (Å²) in [5, 5.41) is 13.1. The summed E-state index contributed by atoms with van der Waals surface area (Å²) in [6.45, 7) is 7.10. The first kappa shape index (κ1) is 18.2. The predicted octanol–water partition coefficient (Wildman–Crippen LogP) is 4.15. The third kappa shape index (κ3) is 3.50. The molecule has 0 radical (unpaired) electrons. The Kier molecular flexibility index (Phi) is 5.10. The Labute approximate surface area is 165 Å². The molecular formula is C22H26N6. The lowest BCUT2D eigenvalue weighted by Crippen LogP contribution is -2.25. The van der Waals surface area contributed by atoms with Crippen LogP contribution in [-0.4, -0.2) is 39.4 Å². The van der Waals surface area contributed by atoms with Gasteiger partial charge >= 0.3 is 0 Å². The summed E-state index contributed by atoms with van der Waals surface area (Å²) in [6, 6.07) is 16.8. The third-order valence-electron chi connectivity index (χ3n) is 5.14. The summed E-state index contributed by atoms with van der Waals surface area (Å²) in [7, 11) is 2.02. The van der Waals surface area contributed by atoms with Gasteiger partial charge in [0, 0.05) is 37.8 Å².